The van der Waals surface area contributed by atoms with Gasteiger partial charge in [-0.1, -0.05) is 11.2 Å². The largest absolute Gasteiger partial charge is 0.396 e. The monoisotopic (exact) mass is 384 g/mol. The van der Waals surface area contributed by atoms with Gasteiger partial charge in [0.05, 0.1) is 28.5 Å². The second kappa shape index (κ2) is 6.33. The summed E-state index contributed by atoms with van der Waals surface area (Å²) in [6.07, 6.45) is -0.183. The minimum atomic E-state index is -0.866. The van der Waals surface area contributed by atoms with Crippen molar-refractivity contribution in [2.24, 2.45) is 5.16 Å². The number of hydrogen-bond acceptors (Lipinski definition) is 5. The Balaban J connectivity index is 2.04. The smallest absolute Gasteiger partial charge is 0.191 e. The van der Waals surface area contributed by atoms with E-state index < -0.39 is 11.6 Å². The minimum absolute atomic E-state index is 0.0145. The molecule has 0 amide bonds. The van der Waals surface area contributed by atoms with Crippen LogP contribution in [0.4, 0.5) is 20.3 Å². The third kappa shape index (κ3) is 2.69. The average molecular weight is 384 g/mol. The van der Waals surface area contributed by atoms with Crippen molar-refractivity contribution in [3.63, 3.8) is 0 Å². The van der Waals surface area contributed by atoms with E-state index in [0.717, 1.165) is 17.3 Å². The molecule has 0 saturated carbocycles. The maximum absolute atomic E-state index is 14.6. The SMILES string of the molecule is CC1=NOC(C)C1c1ccc2c(=O)cc(N)n(-c3cc(N)c(F)cc3F)c2c1. The molecule has 1 aliphatic heterocycles. The standard InChI is InChI=1S/C20H18F2N4O2/c1-9-20(10(2)28-25-9)11-3-4-12-16(5-11)26(19(24)8-18(12)27)17-7-15(23)13(21)6-14(17)22/h3-8,10,20H,23-24H2,1-2H3. The van der Waals surface area contributed by atoms with Gasteiger partial charge >= 0.3 is 0 Å². The van der Waals surface area contributed by atoms with E-state index in [-0.39, 0.29) is 34.6 Å². The Morgan fingerprint density at radius 1 is 1.11 bits per heavy atom. The van der Waals surface area contributed by atoms with Crippen LogP contribution in [0.25, 0.3) is 16.6 Å². The van der Waals surface area contributed by atoms with E-state index in [1.807, 2.05) is 19.9 Å². The average Bonchev–Trinajstić information content (AvgIpc) is 2.97. The molecule has 6 nitrogen and oxygen atoms in total. The highest BCUT2D eigenvalue weighted by Crippen LogP contribution is 2.32. The molecule has 144 valence electrons. The number of nitrogens with zero attached hydrogens (tertiary/aromatic N) is 2. The van der Waals surface area contributed by atoms with Gasteiger partial charge in [0.15, 0.2) is 5.43 Å². The number of aromatic nitrogens is 1. The first-order valence-corrected chi connectivity index (χ1v) is 8.68. The highest BCUT2D eigenvalue weighted by molar-refractivity contribution is 5.92. The quantitative estimate of drug-likeness (QED) is 0.663. The summed E-state index contributed by atoms with van der Waals surface area (Å²) in [5.41, 5.74) is 13.1. The van der Waals surface area contributed by atoms with Crippen molar-refractivity contribution < 1.29 is 13.6 Å². The van der Waals surface area contributed by atoms with Gasteiger partial charge < -0.3 is 16.3 Å². The maximum Gasteiger partial charge on any atom is 0.191 e. The van der Waals surface area contributed by atoms with E-state index in [4.69, 9.17) is 16.3 Å². The molecule has 2 unspecified atom stereocenters. The van der Waals surface area contributed by atoms with E-state index in [2.05, 4.69) is 5.16 Å². The van der Waals surface area contributed by atoms with Crippen LogP contribution in [0.5, 0.6) is 0 Å². The Morgan fingerprint density at radius 3 is 2.54 bits per heavy atom. The Morgan fingerprint density at radius 2 is 1.86 bits per heavy atom. The lowest BCUT2D eigenvalue weighted by Gasteiger charge is -2.19. The van der Waals surface area contributed by atoms with Crippen LogP contribution in [0.2, 0.25) is 0 Å². The van der Waals surface area contributed by atoms with Gasteiger partial charge in [-0.05, 0) is 37.6 Å². The number of oxime groups is 1. The number of rotatable bonds is 2. The normalized spacial score (nSPS) is 18.9. The molecule has 0 spiro atoms. The number of nitrogens with two attached hydrogens (primary N) is 2. The summed E-state index contributed by atoms with van der Waals surface area (Å²) in [5.74, 6) is -1.81. The van der Waals surface area contributed by atoms with Crippen molar-refractivity contribution in [2.75, 3.05) is 11.5 Å². The number of halogens is 2. The van der Waals surface area contributed by atoms with Gasteiger partial charge in [0.25, 0.3) is 0 Å². The third-order valence-corrected chi connectivity index (χ3v) is 5.01. The molecule has 1 aromatic heterocycles. The van der Waals surface area contributed by atoms with Gasteiger partial charge in [-0.3, -0.25) is 9.36 Å². The summed E-state index contributed by atoms with van der Waals surface area (Å²) in [5, 5.41) is 4.36. The fourth-order valence-corrected chi connectivity index (χ4v) is 3.68. The van der Waals surface area contributed by atoms with E-state index >= 15 is 0 Å². The Labute approximate surface area is 159 Å². The lowest BCUT2D eigenvalue weighted by atomic mass is 9.90. The van der Waals surface area contributed by atoms with Gasteiger partial charge in [0.1, 0.15) is 23.6 Å². The Bertz CT molecular complexity index is 1200. The summed E-state index contributed by atoms with van der Waals surface area (Å²) in [4.78, 5) is 17.8. The van der Waals surface area contributed by atoms with Crippen LogP contribution < -0.4 is 16.9 Å². The van der Waals surface area contributed by atoms with Crippen molar-refractivity contribution in [2.45, 2.75) is 25.9 Å². The third-order valence-electron chi connectivity index (χ3n) is 5.01. The highest BCUT2D eigenvalue weighted by Gasteiger charge is 2.30. The van der Waals surface area contributed by atoms with Crippen LogP contribution in [-0.2, 0) is 4.84 Å². The van der Waals surface area contributed by atoms with Gasteiger partial charge in [-0.2, -0.15) is 0 Å². The molecule has 28 heavy (non-hydrogen) atoms. The van der Waals surface area contributed by atoms with E-state index in [0.29, 0.717) is 17.0 Å². The van der Waals surface area contributed by atoms with E-state index in [9.17, 15) is 13.6 Å². The minimum Gasteiger partial charge on any atom is -0.396 e. The zero-order valence-corrected chi connectivity index (χ0v) is 15.2. The highest BCUT2D eigenvalue weighted by atomic mass is 19.1. The fourth-order valence-electron chi connectivity index (χ4n) is 3.68. The van der Waals surface area contributed by atoms with Crippen LogP contribution in [0, 0.1) is 11.6 Å². The van der Waals surface area contributed by atoms with Crippen molar-refractivity contribution in [3.8, 4) is 5.69 Å². The van der Waals surface area contributed by atoms with Crippen LogP contribution in [0.3, 0.4) is 0 Å². The number of anilines is 2. The molecule has 4 rings (SSSR count). The molecule has 1 aliphatic rings. The number of benzene rings is 2. The zero-order valence-electron chi connectivity index (χ0n) is 15.2. The first-order valence-electron chi connectivity index (χ1n) is 8.68. The first kappa shape index (κ1) is 18.0. The Hall–Kier alpha value is -3.42. The predicted molar refractivity (Wildman–Crippen MR) is 105 cm³/mol. The molecule has 8 heteroatoms. The lowest BCUT2D eigenvalue weighted by molar-refractivity contribution is 0.0905. The van der Waals surface area contributed by atoms with Crippen molar-refractivity contribution in [1.82, 2.24) is 4.57 Å². The number of pyridine rings is 1. The first-order chi connectivity index (χ1) is 13.3. The topological polar surface area (TPSA) is 95.6 Å². The number of hydrogen-bond donors (Lipinski definition) is 2. The molecule has 2 aromatic carbocycles. The van der Waals surface area contributed by atoms with Crippen LogP contribution in [0.1, 0.15) is 25.3 Å². The molecular weight excluding hydrogens is 366 g/mol. The predicted octanol–water partition coefficient (Wildman–Crippen LogP) is 3.31. The summed E-state index contributed by atoms with van der Waals surface area (Å²) in [6, 6.07) is 8.28. The molecule has 2 atom stereocenters. The second-order valence-electron chi connectivity index (χ2n) is 6.89. The van der Waals surface area contributed by atoms with Crippen LogP contribution in [-0.4, -0.2) is 16.4 Å². The van der Waals surface area contributed by atoms with E-state index in [1.165, 1.54) is 10.6 Å². The number of nitrogen functional groups attached to an aromatic ring is 2. The lowest BCUT2D eigenvalue weighted by Crippen LogP contribution is -2.18. The maximum atomic E-state index is 14.6. The summed E-state index contributed by atoms with van der Waals surface area (Å²) >= 11 is 0. The Kier molecular flexibility index (Phi) is 4.06. The van der Waals surface area contributed by atoms with Gasteiger partial charge in [-0.15, -0.1) is 0 Å². The summed E-state index contributed by atoms with van der Waals surface area (Å²) in [7, 11) is 0. The summed E-state index contributed by atoms with van der Waals surface area (Å²) < 4.78 is 29.5. The molecule has 4 N–H and O–H groups in total. The second-order valence-corrected chi connectivity index (χ2v) is 6.89. The zero-order chi connectivity index (χ0) is 20.2. The van der Waals surface area contributed by atoms with Gasteiger partial charge in [0.2, 0.25) is 0 Å². The molecular formula is C20H18F2N4O2. The van der Waals surface area contributed by atoms with Crippen LogP contribution >= 0.6 is 0 Å². The van der Waals surface area contributed by atoms with Gasteiger partial charge in [-0.25, -0.2) is 8.78 Å². The molecule has 0 aliphatic carbocycles. The fraction of sp³-hybridized carbons (Fsp3) is 0.200. The molecule has 0 bridgehead atoms. The molecule has 0 saturated heterocycles. The van der Waals surface area contributed by atoms with E-state index in [1.54, 1.807) is 12.1 Å². The summed E-state index contributed by atoms with van der Waals surface area (Å²) in [6.45, 7) is 3.74. The van der Waals surface area contributed by atoms with Crippen molar-refractivity contribution >= 4 is 28.1 Å². The van der Waals surface area contributed by atoms with Crippen molar-refractivity contribution in [3.05, 3.63) is 63.8 Å². The molecule has 0 radical (unpaired) electrons. The molecule has 2 heterocycles. The van der Waals surface area contributed by atoms with Crippen LogP contribution in [0.15, 0.2) is 46.3 Å². The molecule has 0 fully saturated rings. The van der Waals surface area contributed by atoms with Gasteiger partial charge in [0, 0.05) is 17.5 Å². The number of fused-ring (bicyclic) bond motifs is 1. The van der Waals surface area contributed by atoms with Crippen molar-refractivity contribution in [1.29, 1.82) is 0 Å². The molecule has 3 aromatic rings.